The van der Waals surface area contributed by atoms with E-state index in [1.54, 1.807) is 16.8 Å². The molecule has 9 heteroatoms. The molecule has 4 aliphatic rings. The molecule has 0 radical (unpaired) electrons. The lowest BCUT2D eigenvalue weighted by molar-refractivity contribution is -0.172. The Kier molecular flexibility index (Phi) is 4.76. The van der Waals surface area contributed by atoms with E-state index in [2.05, 4.69) is 20.5 Å². The van der Waals surface area contributed by atoms with Crippen molar-refractivity contribution in [2.75, 3.05) is 11.9 Å². The molecular weight excluding hydrogens is 442 g/mol. The molecule has 4 fully saturated rings. The first-order valence-electron chi connectivity index (χ1n) is 11.6. The fourth-order valence-electron chi connectivity index (χ4n) is 6.57. The van der Waals surface area contributed by atoms with Crippen LogP contribution in [0.2, 0.25) is 5.02 Å². The molecule has 33 heavy (non-hydrogen) atoms. The number of nitrogens with one attached hydrogen (secondary N) is 2. The van der Waals surface area contributed by atoms with Crippen LogP contribution in [0, 0.1) is 30.1 Å². The van der Waals surface area contributed by atoms with E-state index in [9.17, 15) is 9.59 Å². The van der Waals surface area contributed by atoms with Gasteiger partial charge in [-0.05, 0) is 87.5 Å². The largest absolute Gasteiger partial charge is 0.455 e. The van der Waals surface area contributed by atoms with Crippen LogP contribution in [0.25, 0.3) is 17.0 Å². The van der Waals surface area contributed by atoms with Gasteiger partial charge in [0.2, 0.25) is 0 Å². The van der Waals surface area contributed by atoms with Crippen LogP contribution in [0.3, 0.4) is 0 Å². The van der Waals surface area contributed by atoms with Crippen molar-refractivity contribution in [1.82, 2.24) is 19.8 Å². The molecule has 4 saturated carbocycles. The number of H-pyrrole nitrogens is 1. The second-order valence-corrected chi connectivity index (χ2v) is 10.5. The number of aromatic amines is 1. The van der Waals surface area contributed by atoms with Gasteiger partial charge in [0.15, 0.2) is 18.1 Å². The van der Waals surface area contributed by atoms with Gasteiger partial charge in [0, 0.05) is 11.3 Å². The number of benzene rings is 1. The Morgan fingerprint density at radius 1 is 1.15 bits per heavy atom. The Balaban J connectivity index is 1.06. The van der Waals surface area contributed by atoms with Gasteiger partial charge in [0.25, 0.3) is 5.91 Å². The molecule has 2 heterocycles. The average molecular weight is 468 g/mol. The number of halogens is 1. The first kappa shape index (κ1) is 20.7. The summed E-state index contributed by atoms with van der Waals surface area (Å²) in [6.45, 7) is 1.60. The number of amides is 1. The number of ether oxygens (including phenoxy) is 1. The maximum absolute atomic E-state index is 12.9. The number of nitrogens with zero attached hydrogens (tertiary/aromatic N) is 3. The quantitative estimate of drug-likeness (QED) is 0.542. The van der Waals surface area contributed by atoms with Crippen LogP contribution >= 0.6 is 11.6 Å². The predicted molar refractivity (Wildman–Crippen MR) is 123 cm³/mol. The zero-order chi connectivity index (χ0) is 22.7. The maximum Gasteiger partial charge on any atom is 0.312 e. The zero-order valence-corrected chi connectivity index (χ0v) is 19.2. The number of hydrogen-bond donors (Lipinski definition) is 2. The lowest BCUT2D eigenvalue weighted by atomic mass is 9.49. The highest BCUT2D eigenvalue weighted by Gasteiger charge is 2.55. The number of carbonyl (C=O) groups is 2. The van der Waals surface area contributed by atoms with Crippen LogP contribution in [0.1, 0.15) is 44.2 Å². The summed E-state index contributed by atoms with van der Waals surface area (Å²) in [6, 6.07) is 7.20. The Labute approximate surface area is 196 Å². The van der Waals surface area contributed by atoms with Crippen LogP contribution in [0.15, 0.2) is 24.3 Å². The molecule has 0 aliphatic heterocycles. The molecule has 2 aromatic heterocycles. The minimum atomic E-state index is -0.347. The van der Waals surface area contributed by atoms with Crippen LogP contribution in [-0.4, -0.2) is 38.3 Å². The normalized spacial score (nSPS) is 27.8. The van der Waals surface area contributed by atoms with Gasteiger partial charge < -0.3 is 10.1 Å². The third-order valence-corrected chi connectivity index (χ3v) is 8.09. The second kappa shape index (κ2) is 7.58. The minimum absolute atomic E-state index is 0.178. The standard InChI is InChI=1S/C24H26ClN5O3/c1-13-20(25)22-27-21(29-30(22)28-13)17-2-4-18(5-3-17)26-19(31)12-33-23(32)24-9-14-6-15(10-24)8-16(7-14)11-24/h2-5,14-16,28H,6-12H2,1H3,(H,26,31). The first-order valence-corrected chi connectivity index (χ1v) is 11.9. The lowest BCUT2D eigenvalue weighted by Crippen LogP contribution is -2.50. The van der Waals surface area contributed by atoms with Crippen molar-refractivity contribution in [3.63, 3.8) is 0 Å². The van der Waals surface area contributed by atoms with Crippen molar-refractivity contribution in [2.24, 2.45) is 23.2 Å². The average Bonchev–Trinajstić information content (AvgIpc) is 3.30. The van der Waals surface area contributed by atoms with Gasteiger partial charge in [-0.3, -0.25) is 14.7 Å². The Morgan fingerprint density at radius 2 is 1.79 bits per heavy atom. The van der Waals surface area contributed by atoms with E-state index in [4.69, 9.17) is 16.3 Å². The zero-order valence-electron chi connectivity index (χ0n) is 18.4. The molecule has 1 amide bonds. The highest BCUT2D eigenvalue weighted by atomic mass is 35.5. The van der Waals surface area contributed by atoms with E-state index in [0.717, 1.165) is 30.5 Å². The van der Waals surface area contributed by atoms with E-state index in [1.807, 2.05) is 19.1 Å². The Morgan fingerprint density at radius 3 is 2.39 bits per heavy atom. The molecule has 2 N–H and O–H groups in total. The summed E-state index contributed by atoms with van der Waals surface area (Å²) in [4.78, 5) is 29.8. The van der Waals surface area contributed by atoms with Crippen LogP contribution in [-0.2, 0) is 14.3 Å². The summed E-state index contributed by atoms with van der Waals surface area (Å²) in [6.07, 6.45) is 6.59. The molecular formula is C24H26ClN5O3. The number of carbonyl (C=O) groups excluding carboxylic acids is 2. The van der Waals surface area contributed by atoms with E-state index < -0.39 is 0 Å². The molecule has 3 aromatic rings. The van der Waals surface area contributed by atoms with Gasteiger partial charge in [-0.15, -0.1) is 5.10 Å². The molecule has 172 valence electrons. The van der Waals surface area contributed by atoms with Crippen LogP contribution < -0.4 is 5.32 Å². The molecule has 1 aromatic carbocycles. The summed E-state index contributed by atoms with van der Waals surface area (Å²) < 4.78 is 7.05. The number of fused-ring (bicyclic) bond motifs is 1. The smallest absolute Gasteiger partial charge is 0.312 e. The van der Waals surface area contributed by atoms with Gasteiger partial charge >= 0.3 is 5.97 Å². The van der Waals surface area contributed by atoms with Crippen molar-refractivity contribution in [3.05, 3.63) is 35.0 Å². The molecule has 7 rings (SSSR count). The topological polar surface area (TPSA) is 101 Å². The van der Waals surface area contributed by atoms with Crippen molar-refractivity contribution in [2.45, 2.75) is 45.4 Å². The number of hydrogen-bond acceptors (Lipinski definition) is 5. The van der Waals surface area contributed by atoms with Gasteiger partial charge in [-0.1, -0.05) is 11.6 Å². The van der Waals surface area contributed by atoms with Crippen LogP contribution in [0.5, 0.6) is 0 Å². The molecule has 8 nitrogen and oxygen atoms in total. The Hall–Kier alpha value is -2.87. The van der Waals surface area contributed by atoms with Gasteiger partial charge in [0.05, 0.1) is 11.1 Å². The summed E-state index contributed by atoms with van der Waals surface area (Å²) >= 11 is 6.23. The van der Waals surface area contributed by atoms with Crippen molar-refractivity contribution < 1.29 is 14.3 Å². The molecule has 0 spiro atoms. The fraction of sp³-hybridized carbons (Fsp3) is 0.500. The molecule has 4 aliphatic carbocycles. The van der Waals surface area contributed by atoms with Crippen molar-refractivity contribution in [3.8, 4) is 11.4 Å². The number of esters is 1. The number of anilines is 1. The van der Waals surface area contributed by atoms with E-state index in [-0.39, 0.29) is 23.9 Å². The van der Waals surface area contributed by atoms with Crippen molar-refractivity contribution in [1.29, 1.82) is 0 Å². The van der Waals surface area contributed by atoms with Gasteiger partial charge in [-0.2, -0.15) is 4.63 Å². The summed E-state index contributed by atoms with van der Waals surface area (Å²) in [5.74, 6) is 2.00. The number of aryl methyl sites for hydroxylation is 1. The third kappa shape index (κ3) is 3.60. The second-order valence-electron chi connectivity index (χ2n) is 10.1. The molecule has 0 atom stereocenters. The SMILES string of the molecule is Cc1[nH]n2nc(-c3ccc(NC(=O)COC(=O)C45CC6CC(CC(C6)C4)C5)cc3)nc2c1Cl. The molecule has 0 saturated heterocycles. The minimum Gasteiger partial charge on any atom is -0.455 e. The number of aromatic nitrogens is 4. The predicted octanol–water partition coefficient (Wildman–Crippen LogP) is 4.38. The lowest BCUT2D eigenvalue weighted by Gasteiger charge is -2.55. The monoisotopic (exact) mass is 467 g/mol. The van der Waals surface area contributed by atoms with Gasteiger partial charge in [-0.25, -0.2) is 4.98 Å². The Bertz CT molecular complexity index is 1210. The summed E-state index contributed by atoms with van der Waals surface area (Å²) in [5.41, 5.74) is 2.45. The van der Waals surface area contributed by atoms with Crippen LogP contribution in [0.4, 0.5) is 5.69 Å². The maximum atomic E-state index is 12.9. The van der Waals surface area contributed by atoms with Crippen molar-refractivity contribution >= 4 is 34.8 Å². The highest BCUT2D eigenvalue weighted by molar-refractivity contribution is 6.34. The molecule has 4 bridgehead atoms. The first-order chi connectivity index (χ1) is 15.9. The van der Waals surface area contributed by atoms with E-state index >= 15 is 0 Å². The summed E-state index contributed by atoms with van der Waals surface area (Å²) in [7, 11) is 0. The molecule has 0 unspecified atom stereocenters. The van der Waals surface area contributed by atoms with E-state index in [0.29, 0.717) is 39.9 Å². The van der Waals surface area contributed by atoms with E-state index in [1.165, 1.54) is 19.3 Å². The van der Waals surface area contributed by atoms with Gasteiger partial charge in [0.1, 0.15) is 5.02 Å². The number of rotatable bonds is 5. The fourth-order valence-corrected chi connectivity index (χ4v) is 6.74. The summed E-state index contributed by atoms with van der Waals surface area (Å²) in [5, 5.41) is 10.8. The third-order valence-electron chi connectivity index (χ3n) is 7.64. The highest BCUT2D eigenvalue weighted by Crippen LogP contribution is 2.60.